The Morgan fingerprint density at radius 2 is 1.37 bits per heavy atom. The molecule has 0 aromatic rings. The van der Waals surface area contributed by atoms with Gasteiger partial charge in [0, 0.05) is 33.9 Å². The van der Waals surface area contributed by atoms with Crippen LogP contribution >= 0.6 is 0 Å². The first-order chi connectivity index (χ1) is 14.0. The van der Waals surface area contributed by atoms with Gasteiger partial charge in [0.2, 0.25) is 8.32 Å². The molecule has 0 aliphatic rings. The largest absolute Gasteiger partial charge is 0.500 e. The Labute approximate surface area is 186 Å². The van der Waals surface area contributed by atoms with E-state index in [0.29, 0.717) is 29.2 Å². The average molecular weight is 466 g/mol. The smallest absolute Gasteiger partial charge is 0.479 e. The standard InChI is InChI=1S/C21H47NO6Si2/c1-11-13-22(14-12-15-29(25-8,26-9)27-10)16-20(21(23)24)28-30(17(2)3,18(4)5)19(6)7/h17-20H,11-16H2,1-10H3,(H,23,24). The molecule has 0 aromatic heterocycles. The van der Waals surface area contributed by atoms with Gasteiger partial charge in [0.05, 0.1) is 0 Å². The monoisotopic (exact) mass is 465 g/mol. The molecule has 1 atom stereocenters. The fourth-order valence-corrected chi connectivity index (χ4v) is 11.9. The first kappa shape index (κ1) is 29.7. The van der Waals surface area contributed by atoms with Crippen molar-refractivity contribution in [3.63, 3.8) is 0 Å². The molecule has 0 amide bonds. The second kappa shape index (κ2) is 14.0. The molecule has 0 rings (SSSR count). The maximum atomic E-state index is 12.2. The van der Waals surface area contributed by atoms with Crippen molar-refractivity contribution in [3.8, 4) is 0 Å². The number of hydrogen-bond donors (Lipinski definition) is 1. The van der Waals surface area contributed by atoms with Gasteiger partial charge in [-0.05, 0) is 42.6 Å². The number of nitrogens with zero attached hydrogens (tertiary/aromatic N) is 1. The quantitative estimate of drug-likeness (QED) is 0.314. The number of carbonyl (C=O) groups is 1. The lowest BCUT2D eigenvalue weighted by atomic mass is 10.3. The van der Waals surface area contributed by atoms with Crippen molar-refractivity contribution in [3.05, 3.63) is 0 Å². The fourth-order valence-electron chi connectivity index (χ4n) is 4.74. The highest BCUT2D eigenvalue weighted by atomic mass is 28.4. The summed E-state index contributed by atoms with van der Waals surface area (Å²) in [5, 5.41) is 9.99. The maximum absolute atomic E-state index is 12.2. The van der Waals surface area contributed by atoms with E-state index in [0.717, 1.165) is 25.9 Å². The van der Waals surface area contributed by atoms with Gasteiger partial charge in [-0.2, -0.15) is 0 Å². The SMILES string of the molecule is CCCN(CCC[Si](OC)(OC)OC)CC(O[Si](C(C)C)(C(C)C)C(C)C)C(=O)O. The number of rotatable bonds is 17. The third-order valence-electron chi connectivity index (χ3n) is 6.18. The van der Waals surface area contributed by atoms with E-state index in [1.165, 1.54) is 0 Å². The van der Waals surface area contributed by atoms with E-state index in [2.05, 4.69) is 53.4 Å². The van der Waals surface area contributed by atoms with E-state index in [4.69, 9.17) is 17.7 Å². The van der Waals surface area contributed by atoms with Crippen LogP contribution in [0.25, 0.3) is 0 Å². The van der Waals surface area contributed by atoms with Crippen molar-refractivity contribution in [1.29, 1.82) is 0 Å². The molecule has 0 aliphatic carbocycles. The second-order valence-corrected chi connectivity index (χ2v) is 17.5. The van der Waals surface area contributed by atoms with Crippen molar-refractivity contribution in [2.24, 2.45) is 0 Å². The highest BCUT2D eigenvalue weighted by molar-refractivity contribution is 6.77. The van der Waals surface area contributed by atoms with Crippen LogP contribution in [0.4, 0.5) is 0 Å². The summed E-state index contributed by atoms with van der Waals surface area (Å²) in [6, 6.07) is 0.692. The lowest BCUT2D eigenvalue weighted by molar-refractivity contribution is -0.146. The van der Waals surface area contributed by atoms with Crippen molar-refractivity contribution in [2.75, 3.05) is 41.0 Å². The molecule has 0 heterocycles. The minimum absolute atomic E-state index is 0.343. The van der Waals surface area contributed by atoms with E-state index in [1.54, 1.807) is 21.3 Å². The summed E-state index contributed by atoms with van der Waals surface area (Å²) in [6.07, 6.45) is 0.953. The van der Waals surface area contributed by atoms with Gasteiger partial charge in [-0.15, -0.1) is 0 Å². The van der Waals surface area contributed by atoms with Crippen LogP contribution in [0.15, 0.2) is 0 Å². The molecule has 0 radical (unpaired) electrons. The Kier molecular flexibility index (Phi) is 13.8. The second-order valence-electron chi connectivity index (χ2n) is 8.96. The third-order valence-corrected chi connectivity index (χ3v) is 15.1. The Morgan fingerprint density at radius 1 is 0.900 bits per heavy atom. The van der Waals surface area contributed by atoms with E-state index in [1.807, 2.05) is 0 Å². The van der Waals surface area contributed by atoms with Gasteiger partial charge in [-0.25, -0.2) is 4.79 Å². The third kappa shape index (κ3) is 8.00. The molecule has 0 saturated carbocycles. The molecule has 1 N–H and O–H groups in total. The minimum atomic E-state index is -2.62. The summed E-state index contributed by atoms with van der Waals surface area (Å²) in [4.78, 5) is 14.4. The Morgan fingerprint density at radius 3 is 1.70 bits per heavy atom. The van der Waals surface area contributed by atoms with Crippen LogP contribution in [-0.4, -0.2) is 80.2 Å². The van der Waals surface area contributed by atoms with Crippen molar-refractivity contribution in [2.45, 2.75) is 90.1 Å². The van der Waals surface area contributed by atoms with Crippen LogP contribution in [0.5, 0.6) is 0 Å². The average Bonchev–Trinajstić information content (AvgIpc) is 2.67. The molecular weight excluding hydrogens is 418 g/mol. The molecule has 0 aromatic carbocycles. The van der Waals surface area contributed by atoms with Crippen molar-refractivity contribution >= 4 is 23.1 Å². The summed E-state index contributed by atoms with van der Waals surface area (Å²) in [7, 11) is -0.0526. The first-order valence-electron chi connectivity index (χ1n) is 11.2. The summed E-state index contributed by atoms with van der Waals surface area (Å²) >= 11 is 0. The minimum Gasteiger partial charge on any atom is -0.479 e. The molecule has 0 bridgehead atoms. The van der Waals surface area contributed by atoms with Crippen molar-refractivity contribution < 1.29 is 27.6 Å². The van der Waals surface area contributed by atoms with Gasteiger partial charge in [0.15, 0.2) is 6.10 Å². The zero-order chi connectivity index (χ0) is 23.5. The zero-order valence-corrected chi connectivity index (χ0v) is 23.0. The lowest BCUT2D eigenvalue weighted by Crippen LogP contribution is -2.54. The summed E-state index contributed by atoms with van der Waals surface area (Å²) in [6.45, 7) is 17.2. The number of carboxylic acids is 1. The predicted molar refractivity (Wildman–Crippen MR) is 126 cm³/mol. The molecule has 9 heteroatoms. The Bertz CT molecular complexity index is 456. The first-order valence-corrected chi connectivity index (χ1v) is 15.3. The van der Waals surface area contributed by atoms with Crippen LogP contribution < -0.4 is 0 Å². The molecule has 0 saturated heterocycles. The molecular formula is C21H47NO6Si2. The molecule has 0 fully saturated rings. The number of aliphatic carboxylic acids is 1. The van der Waals surface area contributed by atoms with Gasteiger partial charge in [0.25, 0.3) is 0 Å². The van der Waals surface area contributed by atoms with Gasteiger partial charge in [0.1, 0.15) is 0 Å². The highest BCUT2D eigenvalue weighted by Gasteiger charge is 2.48. The fraction of sp³-hybridized carbons (Fsp3) is 0.952. The van der Waals surface area contributed by atoms with Crippen LogP contribution in [0.1, 0.15) is 61.3 Å². The molecule has 180 valence electrons. The predicted octanol–water partition coefficient (Wildman–Crippen LogP) is 4.61. The van der Waals surface area contributed by atoms with Gasteiger partial charge in [-0.3, -0.25) is 0 Å². The van der Waals surface area contributed by atoms with E-state index < -0.39 is 29.2 Å². The van der Waals surface area contributed by atoms with Crippen LogP contribution in [0, 0.1) is 0 Å². The highest BCUT2D eigenvalue weighted by Crippen LogP contribution is 2.43. The van der Waals surface area contributed by atoms with Gasteiger partial charge in [-0.1, -0.05) is 48.5 Å². The molecule has 0 spiro atoms. The Hall–Kier alpha value is -0.296. The van der Waals surface area contributed by atoms with Crippen LogP contribution in [0.2, 0.25) is 22.7 Å². The molecule has 30 heavy (non-hydrogen) atoms. The van der Waals surface area contributed by atoms with E-state index >= 15 is 0 Å². The van der Waals surface area contributed by atoms with Gasteiger partial charge < -0.3 is 27.7 Å². The molecule has 0 aliphatic heterocycles. The summed E-state index contributed by atoms with van der Waals surface area (Å²) < 4.78 is 23.1. The van der Waals surface area contributed by atoms with E-state index in [9.17, 15) is 9.90 Å². The molecule has 1 unspecified atom stereocenters. The molecule has 7 nitrogen and oxygen atoms in total. The van der Waals surface area contributed by atoms with Crippen molar-refractivity contribution in [1.82, 2.24) is 4.90 Å². The van der Waals surface area contributed by atoms with Gasteiger partial charge >= 0.3 is 14.8 Å². The summed E-state index contributed by atoms with van der Waals surface area (Å²) in [5.74, 6) is -0.871. The topological polar surface area (TPSA) is 77.5 Å². The normalized spacial score (nSPS) is 14.3. The maximum Gasteiger partial charge on any atom is 0.500 e. The Balaban J connectivity index is 5.39. The lowest BCUT2D eigenvalue weighted by Gasteiger charge is -2.44. The van der Waals surface area contributed by atoms with Crippen LogP contribution in [0.3, 0.4) is 0 Å². The van der Waals surface area contributed by atoms with E-state index in [-0.39, 0.29) is 0 Å². The number of hydrogen-bond acceptors (Lipinski definition) is 6. The summed E-state index contributed by atoms with van der Waals surface area (Å²) in [5.41, 5.74) is 1.03. The number of carboxylic acid groups (broad SMARTS) is 1. The zero-order valence-electron chi connectivity index (χ0n) is 21.0. The van der Waals surface area contributed by atoms with Crippen LogP contribution in [-0.2, 0) is 22.5 Å².